The summed E-state index contributed by atoms with van der Waals surface area (Å²) in [5, 5.41) is 11.5. The van der Waals surface area contributed by atoms with Crippen molar-refractivity contribution in [3.05, 3.63) is 47.3 Å². The van der Waals surface area contributed by atoms with E-state index >= 15 is 0 Å². The fourth-order valence-electron chi connectivity index (χ4n) is 3.23. The molecule has 0 bridgehead atoms. The van der Waals surface area contributed by atoms with Crippen LogP contribution in [0.15, 0.2) is 24.4 Å². The van der Waals surface area contributed by atoms with Crippen molar-refractivity contribution in [2.45, 2.75) is 18.9 Å². The van der Waals surface area contributed by atoms with E-state index in [0.29, 0.717) is 6.61 Å². The number of hydrogen-bond acceptors (Lipinski definition) is 5. The molecule has 0 radical (unpaired) electrons. The third-order valence-electron chi connectivity index (χ3n) is 4.84. The molecule has 10 heteroatoms. The molecule has 1 aliphatic rings. The van der Waals surface area contributed by atoms with Crippen molar-refractivity contribution < 1.29 is 24.5 Å². The molecule has 1 fully saturated rings. The fourth-order valence-corrected chi connectivity index (χ4v) is 3.23. The van der Waals surface area contributed by atoms with Crippen LogP contribution in [0.3, 0.4) is 0 Å². The van der Waals surface area contributed by atoms with Crippen molar-refractivity contribution in [2.24, 2.45) is 0 Å². The van der Waals surface area contributed by atoms with Gasteiger partial charge in [-0.1, -0.05) is 6.07 Å². The Morgan fingerprint density at radius 1 is 1.28 bits per heavy atom. The lowest BCUT2D eigenvalue weighted by Crippen LogP contribution is -2.45. The molecule has 1 saturated heterocycles. The van der Waals surface area contributed by atoms with Gasteiger partial charge in [0.1, 0.15) is 22.9 Å². The first kappa shape index (κ1) is 20.9. The van der Waals surface area contributed by atoms with Gasteiger partial charge in [-0.15, -0.1) is 0 Å². The van der Waals surface area contributed by atoms with E-state index in [1.54, 1.807) is 7.11 Å². The Bertz CT molecular complexity index is 851. The van der Waals surface area contributed by atoms with Gasteiger partial charge in [-0.05, 0) is 25.0 Å². The lowest BCUT2D eigenvalue weighted by atomic mass is 10.0. The zero-order valence-corrected chi connectivity index (χ0v) is 16.0. The summed E-state index contributed by atoms with van der Waals surface area (Å²) < 4.78 is 32.7. The lowest BCUT2D eigenvalue weighted by molar-refractivity contribution is 0.0889. The minimum atomic E-state index is -0.998. The number of rotatable bonds is 7. The predicted octanol–water partition coefficient (Wildman–Crippen LogP) is 2.03. The molecule has 2 aromatic rings. The zero-order chi connectivity index (χ0) is 20.8. The highest BCUT2D eigenvalue weighted by molar-refractivity contribution is 6.08. The van der Waals surface area contributed by atoms with Gasteiger partial charge in [0.25, 0.3) is 11.8 Å². The summed E-state index contributed by atoms with van der Waals surface area (Å²) in [5.74, 6) is -3.42. The van der Waals surface area contributed by atoms with E-state index < -0.39 is 29.0 Å². The number of benzene rings is 1. The van der Waals surface area contributed by atoms with Crippen LogP contribution in [0.1, 0.15) is 35.1 Å². The van der Waals surface area contributed by atoms with Crippen LogP contribution < -0.4 is 10.6 Å². The van der Waals surface area contributed by atoms with Crippen molar-refractivity contribution in [3.63, 3.8) is 0 Å². The first-order chi connectivity index (χ1) is 14.0. The molecule has 0 atom stereocenters. The highest BCUT2D eigenvalue weighted by atomic mass is 19.1. The molecule has 0 aliphatic carbocycles. The normalized spacial score (nSPS) is 15.3. The van der Waals surface area contributed by atoms with Crippen molar-refractivity contribution in [3.8, 4) is 0 Å². The Kier molecular flexibility index (Phi) is 6.89. The average molecular weight is 409 g/mol. The molecule has 3 N–H and O–H groups in total. The Labute approximate surface area is 168 Å². The minimum Gasteiger partial charge on any atom is -0.383 e. The highest BCUT2D eigenvalue weighted by Crippen LogP contribution is 2.18. The van der Waals surface area contributed by atoms with Crippen LogP contribution in [0, 0.1) is 11.6 Å². The number of nitrogens with zero attached hydrogens (tertiary/aromatic N) is 2. The molecule has 2 heterocycles. The Balaban J connectivity index is 0.00000320. The Morgan fingerprint density at radius 2 is 1.97 bits per heavy atom. The fraction of sp³-hybridized carbons (Fsp3) is 0.421. The van der Waals surface area contributed by atoms with E-state index in [0.717, 1.165) is 44.6 Å². The van der Waals surface area contributed by atoms with Crippen molar-refractivity contribution in [1.29, 1.82) is 0 Å². The molecule has 0 spiro atoms. The standard InChI is InChI=1S/C19H23F2N5O3.H2/c1-29-10-9-26-7-5-12(6-8-26)23-19(28)17-15(11-22-25-17)24-18(27)16-13(20)3-2-4-14(16)21;/h2-4,11-12H,5-10H2,1H3,(H,22,25)(H,23,28)(H,24,27);1H. The van der Waals surface area contributed by atoms with Crippen LogP contribution in [0.4, 0.5) is 14.5 Å². The smallest absolute Gasteiger partial charge is 0.271 e. The SMILES string of the molecule is COCCN1CCC(NC(=O)c2[nH]ncc2NC(=O)c2c(F)cccc2F)CC1.[HH]. The summed E-state index contributed by atoms with van der Waals surface area (Å²) >= 11 is 0. The summed E-state index contributed by atoms with van der Waals surface area (Å²) in [6.07, 6.45) is 2.79. The van der Waals surface area contributed by atoms with E-state index in [-0.39, 0.29) is 18.8 Å². The second kappa shape index (κ2) is 9.57. The molecule has 29 heavy (non-hydrogen) atoms. The Morgan fingerprint density at radius 3 is 2.62 bits per heavy atom. The van der Waals surface area contributed by atoms with Gasteiger partial charge < -0.3 is 20.3 Å². The first-order valence-electron chi connectivity index (χ1n) is 9.30. The third kappa shape index (κ3) is 5.15. The molecule has 8 nitrogen and oxygen atoms in total. The number of likely N-dealkylation sites (tertiary alicyclic amines) is 1. The topological polar surface area (TPSA) is 99.3 Å². The van der Waals surface area contributed by atoms with Crippen LogP contribution in [0.2, 0.25) is 0 Å². The van der Waals surface area contributed by atoms with E-state index in [4.69, 9.17) is 4.74 Å². The summed E-state index contributed by atoms with van der Waals surface area (Å²) in [4.78, 5) is 27.1. The molecule has 2 amide bonds. The number of ether oxygens (including phenoxy) is 1. The van der Waals surface area contributed by atoms with Gasteiger partial charge in [0.15, 0.2) is 0 Å². The zero-order valence-electron chi connectivity index (χ0n) is 16.0. The minimum absolute atomic E-state index is 0. The van der Waals surface area contributed by atoms with Crippen LogP contribution in [0.5, 0.6) is 0 Å². The number of anilines is 1. The number of carbonyl (C=O) groups is 2. The molecular formula is C19H25F2N5O3. The number of hydrogen-bond donors (Lipinski definition) is 3. The van der Waals surface area contributed by atoms with Gasteiger partial charge in [0, 0.05) is 34.2 Å². The third-order valence-corrected chi connectivity index (χ3v) is 4.84. The molecule has 0 unspecified atom stereocenters. The monoisotopic (exact) mass is 409 g/mol. The highest BCUT2D eigenvalue weighted by Gasteiger charge is 2.24. The van der Waals surface area contributed by atoms with Crippen LogP contribution in [-0.4, -0.2) is 66.3 Å². The quantitative estimate of drug-likeness (QED) is 0.650. The van der Waals surface area contributed by atoms with Gasteiger partial charge in [-0.3, -0.25) is 14.7 Å². The van der Waals surface area contributed by atoms with Crippen molar-refractivity contribution in [1.82, 2.24) is 20.4 Å². The summed E-state index contributed by atoms with van der Waals surface area (Å²) in [5.41, 5.74) is -0.645. The van der Waals surface area contributed by atoms with E-state index in [2.05, 4.69) is 25.7 Å². The van der Waals surface area contributed by atoms with Gasteiger partial charge in [-0.2, -0.15) is 5.10 Å². The number of halogens is 2. The second-order valence-corrected chi connectivity index (χ2v) is 6.79. The maximum Gasteiger partial charge on any atom is 0.271 e. The number of H-pyrrole nitrogens is 1. The molecule has 0 saturated carbocycles. The van der Waals surface area contributed by atoms with Crippen molar-refractivity contribution >= 4 is 17.5 Å². The molecule has 3 rings (SSSR count). The van der Waals surface area contributed by atoms with Gasteiger partial charge in [0.05, 0.1) is 18.5 Å². The molecular weight excluding hydrogens is 384 g/mol. The number of amides is 2. The molecule has 158 valence electrons. The first-order valence-corrected chi connectivity index (χ1v) is 9.30. The number of methoxy groups -OCH3 is 1. The number of piperidine rings is 1. The predicted molar refractivity (Wildman–Crippen MR) is 104 cm³/mol. The maximum absolute atomic E-state index is 13.8. The van der Waals surface area contributed by atoms with Gasteiger partial charge >= 0.3 is 0 Å². The number of aromatic nitrogens is 2. The van der Waals surface area contributed by atoms with E-state index in [1.807, 2.05) is 0 Å². The second-order valence-electron chi connectivity index (χ2n) is 6.79. The molecule has 1 aromatic carbocycles. The maximum atomic E-state index is 13.8. The lowest BCUT2D eigenvalue weighted by Gasteiger charge is -2.32. The number of carbonyl (C=O) groups excluding carboxylic acids is 2. The van der Waals surface area contributed by atoms with E-state index in [9.17, 15) is 18.4 Å². The van der Waals surface area contributed by atoms with Crippen LogP contribution >= 0.6 is 0 Å². The molecule has 1 aliphatic heterocycles. The Hall–Kier alpha value is -2.85. The number of aromatic amines is 1. The van der Waals surface area contributed by atoms with Crippen LogP contribution in [-0.2, 0) is 4.74 Å². The van der Waals surface area contributed by atoms with Gasteiger partial charge in [0.2, 0.25) is 0 Å². The van der Waals surface area contributed by atoms with Crippen LogP contribution in [0.25, 0.3) is 0 Å². The largest absolute Gasteiger partial charge is 0.383 e. The van der Waals surface area contributed by atoms with Gasteiger partial charge in [-0.25, -0.2) is 8.78 Å². The summed E-state index contributed by atoms with van der Waals surface area (Å²) in [7, 11) is 1.66. The summed E-state index contributed by atoms with van der Waals surface area (Å²) in [6, 6.07) is 3.12. The van der Waals surface area contributed by atoms with E-state index in [1.165, 1.54) is 12.3 Å². The average Bonchev–Trinajstić information content (AvgIpc) is 3.15. The van der Waals surface area contributed by atoms with Crippen molar-refractivity contribution in [2.75, 3.05) is 38.7 Å². The molecule has 1 aromatic heterocycles. The number of nitrogens with one attached hydrogen (secondary N) is 3. The summed E-state index contributed by atoms with van der Waals surface area (Å²) in [6.45, 7) is 3.19.